The van der Waals surface area contributed by atoms with Gasteiger partial charge in [-0.1, -0.05) is 54.6 Å². The van der Waals surface area contributed by atoms with Gasteiger partial charge in [0.25, 0.3) is 0 Å². The Balaban J connectivity index is 1.48. The lowest BCUT2D eigenvalue weighted by Gasteiger charge is -2.30. The largest absolute Gasteiger partial charge is 0.478 e. The molecule has 0 heterocycles. The second kappa shape index (κ2) is 13.4. The van der Waals surface area contributed by atoms with E-state index in [1.807, 2.05) is 30.3 Å². The third-order valence-electron chi connectivity index (χ3n) is 7.25. The van der Waals surface area contributed by atoms with Crippen molar-refractivity contribution < 1.29 is 28.2 Å². The van der Waals surface area contributed by atoms with E-state index in [0.717, 1.165) is 17.4 Å². The van der Waals surface area contributed by atoms with Gasteiger partial charge in [0, 0.05) is 18.9 Å². The normalized spacial score (nSPS) is 21.7. The highest BCUT2D eigenvalue weighted by Gasteiger charge is 2.43. The molecule has 0 aromatic heterocycles. The Labute approximate surface area is 245 Å². The molecule has 3 aromatic rings. The first kappa shape index (κ1) is 30.3. The first-order valence-corrected chi connectivity index (χ1v) is 15.7. The van der Waals surface area contributed by atoms with E-state index in [1.54, 1.807) is 42.5 Å². The lowest BCUT2D eigenvalue weighted by atomic mass is 9.96. The molecule has 0 aliphatic heterocycles. The average Bonchev–Trinajstić information content (AvgIpc) is 3.19. The van der Waals surface area contributed by atoms with E-state index in [0.29, 0.717) is 30.7 Å². The molecule has 0 amide bonds. The van der Waals surface area contributed by atoms with Gasteiger partial charge < -0.3 is 14.9 Å². The lowest BCUT2D eigenvalue weighted by molar-refractivity contribution is 0.0693. The molecule has 1 saturated carbocycles. The molecular weight excluding hydrogens is 573 g/mol. The maximum Gasteiger partial charge on any atom is 0.335 e. The highest BCUT2D eigenvalue weighted by Crippen LogP contribution is 2.41. The van der Waals surface area contributed by atoms with Gasteiger partial charge in [0.1, 0.15) is 0 Å². The Bertz CT molecular complexity index is 1400. The quantitative estimate of drug-likeness (QED) is 0.264. The van der Waals surface area contributed by atoms with Crippen molar-refractivity contribution >= 4 is 44.9 Å². The fraction of sp³-hybridized carbons (Fsp3) is 0.367. The molecular formula is C30H33Cl2NO6S. The van der Waals surface area contributed by atoms with Crippen LogP contribution in [0.1, 0.15) is 39.6 Å². The highest BCUT2D eigenvalue weighted by molar-refractivity contribution is 7.92. The average molecular weight is 607 g/mol. The minimum absolute atomic E-state index is 0.108. The van der Waals surface area contributed by atoms with Crippen molar-refractivity contribution in [3.05, 3.63) is 101 Å². The van der Waals surface area contributed by atoms with Crippen LogP contribution in [0.4, 0.5) is 5.69 Å². The number of anilines is 1. The van der Waals surface area contributed by atoms with E-state index >= 15 is 0 Å². The molecule has 0 radical (unpaired) electrons. The molecule has 214 valence electrons. The van der Waals surface area contributed by atoms with Crippen molar-refractivity contribution in [1.29, 1.82) is 0 Å². The molecule has 1 aliphatic rings. The molecule has 10 heteroatoms. The number of aromatic carboxylic acids is 1. The number of aliphatic hydroxyl groups excluding tert-OH is 1. The summed E-state index contributed by atoms with van der Waals surface area (Å²) in [5.74, 6) is -1.41. The second-order valence-electron chi connectivity index (χ2n) is 10.2. The molecule has 5 atom stereocenters. The van der Waals surface area contributed by atoms with Crippen LogP contribution < -0.4 is 4.31 Å². The van der Waals surface area contributed by atoms with Gasteiger partial charge in [-0.2, -0.15) is 0 Å². The van der Waals surface area contributed by atoms with Crippen LogP contribution >= 0.6 is 23.2 Å². The molecule has 3 aromatic carbocycles. The van der Waals surface area contributed by atoms with Crippen molar-refractivity contribution in [1.82, 2.24) is 0 Å². The summed E-state index contributed by atoms with van der Waals surface area (Å²) in [6, 6.07) is 23.1. The third kappa shape index (κ3) is 7.77. The number of hydrogen-bond donors (Lipinski definition) is 2. The number of benzene rings is 3. The topological polar surface area (TPSA) is 104 Å². The van der Waals surface area contributed by atoms with Crippen LogP contribution in [0.5, 0.6) is 0 Å². The van der Waals surface area contributed by atoms with Crippen LogP contribution in [-0.4, -0.2) is 54.8 Å². The molecule has 4 rings (SSSR count). The number of nitrogens with zero attached hydrogens (tertiary/aromatic N) is 1. The van der Waals surface area contributed by atoms with Crippen molar-refractivity contribution in [2.75, 3.05) is 23.7 Å². The minimum atomic E-state index is -3.69. The van der Waals surface area contributed by atoms with Crippen LogP contribution in [0, 0.1) is 11.8 Å². The van der Waals surface area contributed by atoms with Crippen molar-refractivity contribution in [3.63, 3.8) is 0 Å². The number of carboxylic acids is 1. The number of rotatable bonds is 12. The van der Waals surface area contributed by atoms with Crippen LogP contribution in [0.15, 0.2) is 78.9 Å². The number of alkyl halides is 2. The van der Waals surface area contributed by atoms with Crippen molar-refractivity contribution in [2.24, 2.45) is 11.8 Å². The summed E-state index contributed by atoms with van der Waals surface area (Å²) in [6.45, 7) is 0.611. The number of carbonyl (C=O) groups is 1. The summed E-state index contributed by atoms with van der Waals surface area (Å²) >= 11 is 13.3. The smallest absolute Gasteiger partial charge is 0.335 e. The van der Waals surface area contributed by atoms with Gasteiger partial charge in [-0.05, 0) is 53.3 Å². The van der Waals surface area contributed by atoms with Gasteiger partial charge in [0.2, 0.25) is 10.0 Å². The third-order valence-corrected chi connectivity index (χ3v) is 9.62. The lowest BCUT2D eigenvalue weighted by Crippen LogP contribution is -2.39. The number of halogens is 2. The molecule has 1 fully saturated rings. The van der Waals surface area contributed by atoms with Crippen LogP contribution in [0.3, 0.4) is 0 Å². The number of hydrogen-bond acceptors (Lipinski definition) is 5. The molecule has 4 unspecified atom stereocenters. The van der Waals surface area contributed by atoms with Gasteiger partial charge in [-0.15, -0.1) is 23.2 Å². The Morgan fingerprint density at radius 2 is 1.73 bits per heavy atom. The zero-order valence-corrected chi connectivity index (χ0v) is 24.4. The van der Waals surface area contributed by atoms with E-state index in [-0.39, 0.29) is 35.9 Å². The summed E-state index contributed by atoms with van der Waals surface area (Å²) < 4.78 is 33.2. The fourth-order valence-electron chi connectivity index (χ4n) is 5.15. The Hall–Kier alpha value is -2.62. The molecule has 40 heavy (non-hydrogen) atoms. The monoisotopic (exact) mass is 605 g/mol. The summed E-state index contributed by atoms with van der Waals surface area (Å²) in [6.07, 6.45) is 1.31. The molecule has 0 spiro atoms. The Kier molecular flexibility index (Phi) is 10.1. The highest BCUT2D eigenvalue weighted by atomic mass is 35.5. The van der Waals surface area contributed by atoms with Crippen molar-refractivity contribution in [2.45, 2.75) is 36.3 Å². The van der Waals surface area contributed by atoms with Crippen LogP contribution in [0.25, 0.3) is 0 Å². The minimum Gasteiger partial charge on any atom is -0.478 e. The van der Waals surface area contributed by atoms with Crippen LogP contribution in [-0.2, 0) is 27.8 Å². The Morgan fingerprint density at radius 1 is 1.02 bits per heavy atom. The van der Waals surface area contributed by atoms with Crippen LogP contribution in [0.2, 0.25) is 0 Å². The Morgan fingerprint density at radius 3 is 2.42 bits per heavy atom. The molecule has 0 bridgehead atoms. The molecule has 1 aliphatic carbocycles. The van der Waals surface area contributed by atoms with Gasteiger partial charge in [0.15, 0.2) is 0 Å². The first-order valence-electron chi connectivity index (χ1n) is 13.0. The second-order valence-corrected chi connectivity index (χ2v) is 13.2. The van der Waals surface area contributed by atoms with Gasteiger partial charge >= 0.3 is 5.97 Å². The van der Waals surface area contributed by atoms with E-state index in [9.17, 15) is 23.4 Å². The van der Waals surface area contributed by atoms with E-state index < -0.39 is 27.5 Å². The predicted molar refractivity (Wildman–Crippen MR) is 158 cm³/mol. The first-order chi connectivity index (χ1) is 19.0. The maximum atomic E-state index is 13.0. The molecule has 0 saturated heterocycles. The fourth-order valence-corrected chi connectivity index (χ4v) is 6.90. The standard InChI is InChI=1S/C30H33Cl2NO6S/c1-40(37,38)33(25-12-6-10-22(15-25)28(34)14-20-7-3-2-4-8-20)17-26-24(16-27(31)29(26)32)19-39-18-21-9-5-11-23(13-21)30(35)36/h2-13,15,24,26-29,34H,14,16-19H2,1H3,(H,35,36)/t24-,26?,27?,28?,29?/m1/s1. The summed E-state index contributed by atoms with van der Waals surface area (Å²) in [4.78, 5) is 11.3. The van der Waals surface area contributed by atoms with E-state index in [2.05, 4.69) is 0 Å². The summed E-state index contributed by atoms with van der Waals surface area (Å²) in [5.41, 5.74) is 2.94. The SMILES string of the molecule is CS(=O)(=O)N(CC1C(Cl)C(Cl)C[C@@H]1COCc1cccc(C(=O)O)c1)c1cccc(C(O)Cc2ccccc2)c1. The van der Waals surface area contributed by atoms with Gasteiger partial charge in [-0.25, -0.2) is 13.2 Å². The number of carboxylic acid groups (broad SMARTS) is 1. The number of ether oxygens (including phenoxy) is 1. The van der Waals surface area contributed by atoms with Crippen molar-refractivity contribution in [3.8, 4) is 0 Å². The summed E-state index contributed by atoms with van der Waals surface area (Å²) in [7, 11) is -3.69. The van der Waals surface area contributed by atoms with Gasteiger partial charge in [0.05, 0.1) is 47.6 Å². The zero-order valence-electron chi connectivity index (χ0n) is 22.1. The zero-order chi connectivity index (χ0) is 28.9. The molecule has 7 nitrogen and oxygen atoms in total. The number of aliphatic hydroxyl groups is 1. The number of sulfonamides is 1. The molecule has 2 N–H and O–H groups in total. The van der Waals surface area contributed by atoms with Gasteiger partial charge in [-0.3, -0.25) is 4.31 Å². The summed E-state index contributed by atoms with van der Waals surface area (Å²) in [5, 5.41) is 19.3. The maximum absolute atomic E-state index is 13.0. The van der Waals surface area contributed by atoms with E-state index in [1.165, 1.54) is 10.4 Å². The van der Waals surface area contributed by atoms with E-state index in [4.69, 9.17) is 27.9 Å². The predicted octanol–water partition coefficient (Wildman–Crippen LogP) is 5.49.